The van der Waals surface area contributed by atoms with Crippen molar-refractivity contribution in [3.8, 4) is 5.75 Å². The molecule has 2 fully saturated rings. The molecule has 4 rings (SSSR count). The van der Waals surface area contributed by atoms with Gasteiger partial charge >= 0.3 is 16.5 Å². The van der Waals surface area contributed by atoms with Gasteiger partial charge in [0.2, 0.25) is 0 Å². The van der Waals surface area contributed by atoms with Crippen molar-refractivity contribution in [2.24, 2.45) is 23.2 Å². The van der Waals surface area contributed by atoms with Gasteiger partial charge in [-0.15, -0.1) is 0 Å². The van der Waals surface area contributed by atoms with Crippen molar-refractivity contribution in [2.75, 3.05) is 0 Å². The molecule has 3 aliphatic carbocycles. The minimum Gasteiger partial charge on any atom is -0.481 e. The topological polar surface area (TPSA) is 80.7 Å². The van der Waals surface area contributed by atoms with Crippen LogP contribution in [-0.2, 0) is 21.7 Å². The fraction of sp³-hybridized carbons (Fsp3) is 0.632. The molecule has 26 heavy (non-hydrogen) atoms. The van der Waals surface area contributed by atoms with E-state index in [-0.39, 0.29) is 17.1 Å². The van der Waals surface area contributed by atoms with E-state index in [0.29, 0.717) is 17.8 Å². The zero-order valence-electron chi connectivity index (χ0n) is 14.7. The maximum atomic E-state index is 12.8. The zero-order chi connectivity index (χ0) is 18.7. The maximum Gasteiger partial charge on any atom is 0.488 e. The lowest BCUT2D eigenvalue weighted by Crippen LogP contribution is -2.44. The lowest BCUT2D eigenvalue weighted by Gasteiger charge is -2.50. The number of halogens is 1. The van der Waals surface area contributed by atoms with E-state index in [2.05, 4.69) is 11.1 Å². The van der Waals surface area contributed by atoms with Gasteiger partial charge in [-0.05, 0) is 85.0 Å². The number of aryl methyl sites for hydroxylation is 1. The first-order chi connectivity index (χ1) is 12.2. The molecule has 0 spiro atoms. The number of carboxylic acid groups (broad SMARTS) is 1. The van der Waals surface area contributed by atoms with Crippen molar-refractivity contribution in [1.82, 2.24) is 0 Å². The molecule has 1 N–H and O–H groups in total. The number of rotatable bonds is 3. The highest BCUT2D eigenvalue weighted by molar-refractivity contribution is 7.81. The highest BCUT2D eigenvalue weighted by Gasteiger charge is 2.56. The monoisotopic (exact) mass is 382 g/mol. The van der Waals surface area contributed by atoms with Gasteiger partial charge in [-0.1, -0.05) is 16.9 Å². The van der Waals surface area contributed by atoms with Gasteiger partial charge in [0.15, 0.2) is 0 Å². The van der Waals surface area contributed by atoms with Crippen LogP contribution in [0.5, 0.6) is 5.75 Å². The van der Waals surface area contributed by atoms with E-state index < -0.39 is 16.5 Å². The summed E-state index contributed by atoms with van der Waals surface area (Å²) in [6, 6.07) is 5.00. The molecular formula is C19H23FO5S. The van der Waals surface area contributed by atoms with Gasteiger partial charge < -0.3 is 9.29 Å². The third kappa shape index (κ3) is 2.80. The summed E-state index contributed by atoms with van der Waals surface area (Å²) in [4.78, 5) is 11.7. The average Bonchev–Trinajstić information content (AvgIpc) is 2.90. The zero-order valence-corrected chi connectivity index (χ0v) is 15.5. The van der Waals surface area contributed by atoms with E-state index in [9.17, 15) is 22.2 Å². The Morgan fingerprint density at radius 1 is 1.27 bits per heavy atom. The van der Waals surface area contributed by atoms with Crippen molar-refractivity contribution in [2.45, 2.75) is 51.4 Å². The van der Waals surface area contributed by atoms with Gasteiger partial charge in [-0.25, -0.2) is 0 Å². The summed E-state index contributed by atoms with van der Waals surface area (Å²) in [7, 11) is -5.02. The second-order valence-corrected chi connectivity index (χ2v) is 9.22. The molecule has 5 atom stereocenters. The van der Waals surface area contributed by atoms with Crippen LogP contribution in [0.1, 0.15) is 56.1 Å². The van der Waals surface area contributed by atoms with Crippen LogP contribution < -0.4 is 4.18 Å². The fourth-order valence-electron chi connectivity index (χ4n) is 6.13. The molecule has 2 saturated carbocycles. The van der Waals surface area contributed by atoms with E-state index in [4.69, 9.17) is 0 Å². The maximum absolute atomic E-state index is 12.8. The van der Waals surface area contributed by atoms with Crippen LogP contribution in [0.15, 0.2) is 18.2 Å². The minimum atomic E-state index is -5.02. The van der Waals surface area contributed by atoms with Crippen LogP contribution in [0.25, 0.3) is 0 Å². The predicted octanol–water partition coefficient (Wildman–Crippen LogP) is 3.84. The normalized spacial score (nSPS) is 35.9. The van der Waals surface area contributed by atoms with Crippen molar-refractivity contribution in [3.05, 3.63) is 29.3 Å². The second-order valence-electron chi connectivity index (χ2n) is 8.27. The molecule has 0 aromatic heterocycles. The van der Waals surface area contributed by atoms with Gasteiger partial charge in [-0.3, -0.25) is 4.79 Å². The lowest BCUT2D eigenvalue weighted by atomic mass is 9.54. The smallest absolute Gasteiger partial charge is 0.481 e. The highest BCUT2D eigenvalue weighted by atomic mass is 32.3. The van der Waals surface area contributed by atoms with Crippen LogP contribution in [0.3, 0.4) is 0 Å². The molecule has 0 unspecified atom stereocenters. The number of hydrogen-bond acceptors (Lipinski definition) is 4. The largest absolute Gasteiger partial charge is 0.488 e. The molecule has 0 radical (unpaired) electrons. The number of hydrogen-bond donors (Lipinski definition) is 1. The summed E-state index contributed by atoms with van der Waals surface area (Å²) in [6.45, 7) is 2.15. The number of fused-ring (bicyclic) bond motifs is 5. The Bertz CT molecular complexity index is 851. The number of carboxylic acids is 1. The predicted molar refractivity (Wildman–Crippen MR) is 92.8 cm³/mol. The first kappa shape index (κ1) is 17.8. The lowest BCUT2D eigenvalue weighted by molar-refractivity contribution is -0.147. The molecule has 1 aromatic rings. The van der Waals surface area contributed by atoms with Crippen molar-refractivity contribution in [3.63, 3.8) is 0 Å². The Balaban J connectivity index is 1.62. The molecular weight excluding hydrogens is 359 g/mol. The Morgan fingerprint density at radius 2 is 2.04 bits per heavy atom. The van der Waals surface area contributed by atoms with Gasteiger partial charge in [0.05, 0.1) is 5.92 Å². The van der Waals surface area contributed by atoms with Crippen molar-refractivity contribution in [1.29, 1.82) is 0 Å². The van der Waals surface area contributed by atoms with Crippen molar-refractivity contribution < 1.29 is 26.4 Å². The molecule has 0 heterocycles. The Labute approximate surface area is 153 Å². The van der Waals surface area contributed by atoms with E-state index in [1.54, 1.807) is 6.07 Å². The summed E-state index contributed by atoms with van der Waals surface area (Å²) < 4.78 is 38.6. The van der Waals surface area contributed by atoms with E-state index >= 15 is 0 Å². The summed E-state index contributed by atoms with van der Waals surface area (Å²) in [5.74, 6) is 0.330. The Hall–Kier alpha value is -1.63. The molecule has 3 aliphatic rings. The number of carbonyl (C=O) groups is 1. The third-order valence-electron chi connectivity index (χ3n) is 7.19. The Morgan fingerprint density at radius 3 is 2.73 bits per heavy atom. The van der Waals surface area contributed by atoms with Gasteiger partial charge in [0, 0.05) is 0 Å². The summed E-state index contributed by atoms with van der Waals surface area (Å²) in [5, 5.41) is 9.60. The molecule has 1 aromatic carbocycles. The molecule has 0 aliphatic heterocycles. The Kier molecular flexibility index (Phi) is 4.06. The van der Waals surface area contributed by atoms with Gasteiger partial charge in [-0.2, -0.15) is 8.42 Å². The van der Waals surface area contributed by atoms with Crippen LogP contribution in [0.4, 0.5) is 3.89 Å². The number of benzene rings is 1. The van der Waals surface area contributed by atoms with Crippen molar-refractivity contribution >= 4 is 16.5 Å². The molecule has 0 bridgehead atoms. The number of aliphatic carboxylic acids is 1. The minimum absolute atomic E-state index is 0.0113. The van der Waals surface area contributed by atoms with Crippen LogP contribution in [-0.4, -0.2) is 19.5 Å². The van der Waals surface area contributed by atoms with Crippen LogP contribution in [0, 0.1) is 23.2 Å². The van der Waals surface area contributed by atoms with Gasteiger partial charge in [0.1, 0.15) is 5.75 Å². The van der Waals surface area contributed by atoms with E-state index in [0.717, 1.165) is 44.1 Å². The second kappa shape index (κ2) is 5.94. The summed E-state index contributed by atoms with van der Waals surface area (Å²) in [6.07, 6.45) is 5.29. The first-order valence-corrected chi connectivity index (χ1v) is 10.5. The molecule has 7 heteroatoms. The third-order valence-corrected chi connectivity index (χ3v) is 7.58. The summed E-state index contributed by atoms with van der Waals surface area (Å²) >= 11 is 0. The van der Waals surface area contributed by atoms with E-state index in [1.165, 1.54) is 11.6 Å². The van der Waals surface area contributed by atoms with Gasteiger partial charge in [0.25, 0.3) is 0 Å². The average molecular weight is 382 g/mol. The molecule has 142 valence electrons. The standard InChI is InChI=1S/C19H23FO5S/c1-19-9-8-14-13-5-3-12(25-26(20,23)24)10-11(13)2-4-15(14)16(19)6-7-17(19)18(21)22/h3,5,10,14-17H,2,4,6-9H2,1H3,(H,21,22)/t14-,15-,16+,17-,19+/m1/s1. The first-order valence-electron chi connectivity index (χ1n) is 9.19. The van der Waals surface area contributed by atoms with Crippen LogP contribution >= 0.6 is 0 Å². The quantitative estimate of drug-likeness (QED) is 0.804. The molecule has 5 nitrogen and oxygen atoms in total. The molecule has 0 saturated heterocycles. The highest BCUT2D eigenvalue weighted by Crippen LogP contribution is 2.63. The van der Waals surface area contributed by atoms with E-state index in [1.807, 2.05) is 6.07 Å². The fourth-order valence-corrected chi connectivity index (χ4v) is 6.46. The molecule has 0 amide bonds. The summed E-state index contributed by atoms with van der Waals surface area (Å²) in [5.41, 5.74) is 2.07. The SMILES string of the molecule is C[C@]12CC[C@@H]3c4ccc(OS(=O)(=O)F)cc4CC[C@H]3[C@@H]1CC[C@@H]2C(=O)O. The van der Waals surface area contributed by atoms with Crippen LogP contribution in [0.2, 0.25) is 0 Å².